The highest BCUT2D eigenvalue weighted by atomic mass is 79.9. The largest absolute Gasteiger partial charge is 0.383 e. The smallest absolute Gasteiger partial charge is 0.0779 e. The van der Waals surface area contributed by atoms with E-state index in [0.717, 1.165) is 28.5 Å². The number of ether oxygens (including phenoxy) is 1. The number of halogens is 2. The molecular weight excluding hydrogens is 336 g/mol. The van der Waals surface area contributed by atoms with Crippen LogP contribution in [0.2, 0.25) is 0 Å². The first-order chi connectivity index (χ1) is 7.70. The van der Waals surface area contributed by atoms with E-state index in [9.17, 15) is 0 Å². The number of aromatic nitrogens is 2. The SMILES string of the molecule is COCCn1ncc(Br)c1C(C)=CCCBr. The standard InChI is InChI=1S/C11H16Br2N2O/c1-9(4-3-5-12)11-10(13)8-14-15(11)6-7-16-2/h4,8H,3,5-7H2,1-2H3. The fourth-order valence-corrected chi connectivity index (χ4v) is 2.31. The molecule has 0 spiro atoms. The van der Waals surface area contributed by atoms with Gasteiger partial charge in [0.2, 0.25) is 0 Å². The van der Waals surface area contributed by atoms with Crippen LogP contribution < -0.4 is 0 Å². The molecule has 1 rings (SSSR count). The van der Waals surface area contributed by atoms with E-state index in [1.165, 1.54) is 5.57 Å². The molecule has 0 atom stereocenters. The zero-order valence-corrected chi connectivity index (χ0v) is 12.7. The third kappa shape index (κ3) is 3.71. The van der Waals surface area contributed by atoms with Crippen molar-refractivity contribution in [2.45, 2.75) is 19.9 Å². The van der Waals surface area contributed by atoms with Gasteiger partial charge in [0.25, 0.3) is 0 Å². The Bertz CT molecular complexity index is 361. The van der Waals surface area contributed by atoms with Crippen molar-refractivity contribution in [3.05, 3.63) is 22.4 Å². The number of hydrogen-bond donors (Lipinski definition) is 0. The average molecular weight is 352 g/mol. The quantitative estimate of drug-likeness (QED) is 0.733. The minimum atomic E-state index is 0.673. The average Bonchev–Trinajstić information content (AvgIpc) is 2.64. The Hall–Kier alpha value is -0.130. The van der Waals surface area contributed by atoms with Gasteiger partial charge in [-0.2, -0.15) is 5.10 Å². The Labute approximate surface area is 113 Å². The van der Waals surface area contributed by atoms with E-state index in [1.807, 2.05) is 10.9 Å². The number of nitrogens with zero attached hydrogens (tertiary/aromatic N) is 2. The third-order valence-electron chi connectivity index (χ3n) is 2.24. The molecule has 0 aliphatic carbocycles. The fourth-order valence-electron chi connectivity index (χ4n) is 1.47. The predicted molar refractivity (Wildman–Crippen MR) is 73.9 cm³/mol. The van der Waals surface area contributed by atoms with Crippen LogP contribution in [0.5, 0.6) is 0 Å². The van der Waals surface area contributed by atoms with Crippen LogP contribution in [-0.2, 0) is 11.3 Å². The summed E-state index contributed by atoms with van der Waals surface area (Å²) in [7, 11) is 1.70. The molecule has 1 heterocycles. The molecule has 0 bridgehead atoms. The van der Waals surface area contributed by atoms with Gasteiger partial charge in [-0.25, -0.2) is 0 Å². The van der Waals surface area contributed by atoms with Gasteiger partial charge >= 0.3 is 0 Å². The molecule has 0 fully saturated rings. The lowest BCUT2D eigenvalue weighted by molar-refractivity contribution is 0.183. The first kappa shape index (κ1) is 13.9. The first-order valence-corrected chi connectivity index (χ1v) is 7.05. The summed E-state index contributed by atoms with van der Waals surface area (Å²) < 4.78 is 8.07. The molecule has 90 valence electrons. The highest BCUT2D eigenvalue weighted by Crippen LogP contribution is 2.24. The minimum absolute atomic E-state index is 0.673. The van der Waals surface area contributed by atoms with Crippen LogP contribution in [0.15, 0.2) is 16.7 Å². The molecule has 0 aliphatic rings. The Kier molecular flexibility index (Phi) is 6.31. The Morgan fingerprint density at radius 2 is 2.38 bits per heavy atom. The summed E-state index contributed by atoms with van der Waals surface area (Å²) in [6.45, 7) is 3.55. The molecule has 0 N–H and O–H groups in total. The van der Waals surface area contributed by atoms with Gasteiger partial charge in [0, 0.05) is 12.4 Å². The van der Waals surface area contributed by atoms with Gasteiger partial charge < -0.3 is 4.74 Å². The van der Waals surface area contributed by atoms with Crippen molar-refractivity contribution in [3.8, 4) is 0 Å². The van der Waals surface area contributed by atoms with Crippen molar-refractivity contribution in [2.24, 2.45) is 0 Å². The van der Waals surface area contributed by atoms with Gasteiger partial charge in [0.05, 0.1) is 29.5 Å². The zero-order valence-electron chi connectivity index (χ0n) is 9.54. The molecule has 3 nitrogen and oxygen atoms in total. The van der Waals surface area contributed by atoms with E-state index in [2.05, 4.69) is 50.0 Å². The maximum absolute atomic E-state index is 5.07. The van der Waals surface area contributed by atoms with E-state index in [0.29, 0.717) is 6.61 Å². The van der Waals surface area contributed by atoms with Crippen LogP contribution >= 0.6 is 31.9 Å². The summed E-state index contributed by atoms with van der Waals surface area (Å²) in [6.07, 6.45) is 5.06. The van der Waals surface area contributed by atoms with Gasteiger partial charge in [-0.3, -0.25) is 4.68 Å². The van der Waals surface area contributed by atoms with Crippen LogP contribution in [0.25, 0.3) is 5.57 Å². The number of methoxy groups -OCH3 is 1. The molecule has 0 amide bonds. The van der Waals surface area contributed by atoms with Gasteiger partial charge in [-0.05, 0) is 34.8 Å². The summed E-state index contributed by atoms with van der Waals surface area (Å²) in [4.78, 5) is 0. The third-order valence-corrected chi connectivity index (χ3v) is 3.27. The number of alkyl halides is 1. The van der Waals surface area contributed by atoms with Gasteiger partial charge in [-0.15, -0.1) is 0 Å². The molecule has 1 aromatic heterocycles. The molecule has 0 aliphatic heterocycles. The lowest BCUT2D eigenvalue weighted by Gasteiger charge is -2.08. The van der Waals surface area contributed by atoms with Crippen molar-refractivity contribution in [3.63, 3.8) is 0 Å². The molecule has 16 heavy (non-hydrogen) atoms. The fraction of sp³-hybridized carbons (Fsp3) is 0.545. The summed E-state index contributed by atoms with van der Waals surface area (Å²) in [6, 6.07) is 0. The first-order valence-electron chi connectivity index (χ1n) is 5.14. The molecule has 0 aromatic carbocycles. The summed E-state index contributed by atoms with van der Waals surface area (Å²) in [5.41, 5.74) is 2.37. The number of rotatable bonds is 6. The highest BCUT2D eigenvalue weighted by Gasteiger charge is 2.09. The topological polar surface area (TPSA) is 27.1 Å². The maximum atomic E-state index is 5.07. The lowest BCUT2D eigenvalue weighted by Crippen LogP contribution is -2.08. The second-order valence-electron chi connectivity index (χ2n) is 3.42. The van der Waals surface area contributed by atoms with Crippen LogP contribution in [-0.4, -0.2) is 28.8 Å². The van der Waals surface area contributed by atoms with Crippen molar-refractivity contribution in [1.82, 2.24) is 9.78 Å². The number of allylic oxidation sites excluding steroid dienone is 2. The Morgan fingerprint density at radius 3 is 3.00 bits per heavy atom. The van der Waals surface area contributed by atoms with Crippen LogP contribution in [0.3, 0.4) is 0 Å². The normalized spacial score (nSPS) is 12.1. The van der Waals surface area contributed by atoms with Crippen LogP contribution in [0.4, 0.5) is 0 Å². The van der Waals surface area contributed by atoms with Crippen LogP contribution in [0.1, 0.15) is 19.0 Å². The molecule has 0 radical (unpaired) electrons. The zero-order chi connectivity index (χ0) is 12.0. The summed E-state index contributed by atoms with van der Waals surface area (Å²) >= 11 is 6.95. The molecule has 5 heteroatoms. The Morgan fingerprint density at radius 1 is 1.62 bits per heavy atom. The second kappa shape index (κ2) is 7.25. The minimum Gasteiger partial charge on any atom is -0.383 e. The maximum Gasteiger partial charge on any atom is 0.0779 e. The molecule has 0 saturated heterocycles. The molecule has 0 saturated carbocycles. The Balaban J connectivity index is 2.87. The van der Waals surface area contributed by atoms with Crippen molar-refractivity contribution in [2.75, 3.05) is 19.0 Å². The highest BCUT2D eigenvalue weighted by molar-refractivity contribution is 9.10. The van der Waals surface area contributed by atoms with Crippen molar-refractivity contribution in [1.29, 1.82) is 0 Å². The summed E-state index contributed by atoms with van der Waals surface area (Å²) in [5, 5.41) is 5.30. The number of hydrogen-bond acceptors (Lipinski definition) is 2. The van der Waals surface area contributed by atoms with Crippen molar-refractivity contribution < 1.29 is 4.74 Å². The predicted octanol–water partition coefficient (Wildman–Crippen LogP) is 3.48. The van der Waals surface area contributed by atoms with E-state index in [-0.39, 0.29) is 0 Å². The van der Waals surface area contributed by atoms with E-state index < -0.39 is 0 Å². The van der Waals surface area contributed by atoms with Gasteiger partial charge in [0.1, 0.15) is 0 Å². The molecular formula is C11H16Br2N2O. The molecule has 0 unspecified atom stereocenters. The molecule has 1 aromatic rings. The van der Waals surface area contributed by atoms with Crippen molar-refractivity contribution >= 4 is 37.4 Å². The lowest BCUT2D eigenvalue weighted by atomic mass is 10.2. The van der Waals surface area contributed by atoms with E-state index in [4.69, 9.17) is 4.74 Å². The monoisotopic (exact) mass is 350 g/mol. The van der Waals surface area contributed by atoms with Crippen LogP contribution in [0, 0.1) is 0 Å². The van der Waals surface area contributed by atoms with E-state index in [1.54, 1.807) is 7.11 Å². The van der Waals surface area contributed by atoms with Gasteiger partial charge in [0.15, 0.2) is 0 Å². The second-order valence-corrected chi connectivity index (χ2v) is 5.07. The summed E-state index contributed by atoms with van der Waals surface area (Å²) in [5.74, 6) is 0. The van der Waals surface area contributed by atoms with Gasteiger partial charge in [-0.1, -0.05) is 22.0 Å². The van der Waals surface area contributed by atoms with E-state index >= 15 is 0 Å².